The molecule has 5 heteroatoms. The highest BCUT2D eigenvalue weighted by Gasteiger charge is 2.24. The molecule has 0 unspecified atom stereocenters. The zero-order valence-electron chi connectivity index (χ0n) is 13.7. The molecule has 124 valence electrons. The van der Waals surface area contributed by atoms with Crippen molar-refractivity contribution in [2.24, 2.45) is 0 Å². The van der Waals surface area contributed by atoms with Gasteiger partial charge in [0.05, 0.1) is 0 Å². The zero-order chi connectivity index (χ0) is 16.9. The average molecular weight is 323 g/mol. The highest BCUT2D eigenvalue weighted by Crippen LogP contribution is 2.12. The molecule has 0 bridgehead atoms. The predicted molar refractivity (Wildman–Crippen MR) is 94.1 cm³/mol. The third-order valence-electron chi connectivity index (χ3n) is 4.14. The summed E-state index contributed by atoms with van der Waals surface area (Å²) in [6.45, 7) is 4.15. The Balaban J connectivity index is 1.55. The predicted octanol–water partition coefficient (Wildman–Crippen LogP) is 2.98. The first-order valence-corrected chi connectivity index (χ1v) is 8.10. The molecule has 5 nitrogen and oxygen atoms in total. The summed E-state index contributed by atoms with van der Waals surface area (Å²) < 4.78 is 0. The van der Waals surface area contributed by atoms with Crippen molar-refractivity contribution in [2.45, 2.75) is 6.92 Å². The van der Waals surface area contributed by atoms with Crippen LogP contribution in [0.15, 0.2) is 54.6 Å². The number of piperazine rings is 1. The summed E-state index contributed by atoms with van der Waals surface area (Å²) in [6, 6.07) is 16.9. The number of rotatable bonds is 2. The molecule has 0 aliphatic carbocycles. The Morgan fingerprint density at radius 3 is 2.21 bits per heavy atom. The van der Waals surface area contributed by atoms with Gasteiger partial charge in [0.2, 0.25) is 0 Å². The van der Waals surface area contributed by atoms with Gasteiger partial charge in [-0.05, 0) is 31.2 Å². The van der Waals surface area contributed by atoms with E-state index in [0.29, 0.717) is 31.7 Å². The minimum Gasteiger partial charge on any atom is -0.335 e. The van der Waals surface area contributed by atoms with Crippen molar-refractivity contribution in [3.8, 4) is 0 Å². The molecule has 1 aliphatic heterocycles. The number of hydrogen-bond acceptors (Lipinski definition) is 2. The molecule has 1 saturated heterocycles. The van der Waals surface area contributed by atoms with Crippen LogP contribution < -0.4 is 5.32 Å². The van der Waals surface area contributed by atoms with Crippen molar-refractivity contribution in [3.63, 3.8) is 0 Å². The molecule has 1 heterocycles. The number of urea groups is 1. The van der Waals surface area contributed by atoms with Gasteiger partial charge in [-0.1, -0.05) is 35.9 Å². The van der Waals surface area contributed by atoms with Crippen molar-refractivity contribution in [3.05, 3.63) is 65.7 Å². The van der Waals surface area contributed by atoms with Crippen molar-refractivity contribution in [1.82, 2.24) is 9.80 Å². The second kappa shape index (κ2) is 7.17. The third kappa shape index (κ3) is 3.74. The smallest absolute Gasteiger partial charge is 0.321 e. The van der Waals surface area contributed by atoms with Gasteiger partial charge in [0, 0.05) is 37.4 Å². The lowest BCUT2D eigenvalue weighted by Crippen LogP contribution is -2.51. The molecule has 3 rings (SSSR count). The largest absolute Gasteiger partial charge is 0.335 e. The van der Waals surface area contributed by atoms with Gasteiger partial charge in [-0.2, -0.15) is 0 Å². The van der Waals surface area contributed by atoms with Gasteiger partial charge >= 0.3 is 6.03 Å². The summed E-state index contributed by atoms with van der Waals surface area (Å²) in [5, 5.41) is 2.88. The number of anilines is 1. The fraction of sp³-hybridized carbons (Fsp3) is 0.263. The Morgan fingerprint density at radius 1 is 0.875 bits per heavy atom. The Labute approximate surface area is 141 Å². The van der Waals surface area contributed by atoms with Crippen LogP contribution in [0.1, 0.15) is 15.9 Å². The second-order valence-corrected chi connectivity index (χ2v) is 5.94. The SMILES string of the molecule is Cc1cccc(C(=O)N2CCN(C(=O)Nc3ccccc3)CC2)c1. The molecule has 24 heavy (non-hydrogen) atoms. The molecule has 2 aromatic rings. The molecule has 0 atom stereocenters. The van der Waals surface area contributed by atoms with Crippen LogP contribution in [0.3, 0.4) is 0 Å². The maximum absolute atomic E-state index is 12.5. The van der Waals surface area contributed by atoms with Crippen LogP contribution in [0, 0.1) is 6.92 Å². The Kier molecular flexibility index (Phi) is 4.79. The molecule has 0 radical (unpaired) electrons. The maximum Gasteiger partial charge on any atom is 0.321 e. The van der Waals surface area contributed by atoms with Gasteiger partial charge < -0.3 is 15.1 Å². The van der Waals surface area contributed by atoms with Crippen molar-refractivity contribution in [2.75, 3.05) is 31.5 Å². The number of amides is 3. The highest BCUT2D eigenvalue weighted by molar-refractivity contribution is 5.95. The quantitative estimate of drug-likeness (QED) is 0.924. The van der Waals surface area contributed by atoms with E-state index in [1.165, 1.54) is 0 Å². The number of carbonyl (C=O) groups excluding carboxylic acids is 2. The van der Waals surface area contributed by atoms with Crippen LogP contribution in [0.4, 0.5) is 10.5 Å². The Bertz CT molecular complexity index is 722. The van der Waals surface area contributed by atoms with Crippen LogP contribution in [0.2, 0.25) is 0 Å². The van der Waals surface area contributed by atoms with E-state index >= 15 is 0 Å². The monoisotopic (exact) mass is 323 g/mol. The van der Waals surface area contributed by atoms with Crippen LogP contribution in [0.25, 0.3) is 0 Å². The topological polar surface area (TPSA) is 52.7 Å². The third-order valence-corrected chi connectivity index (χ3v) is 4.14. The van der Waals surface area contributed by atoms with Crippen molar-refractivity contribution >= 4 is 17.6 Å². The van der Waals surface area contributed by atoms with E-state index < -0.39 is 0 Å². The molecule has 1 fully saturated rings. The van der Waals surface area contributed by atoms with E-state index in [-0.39, 0.29) is 11.9 Å². The van der Waals surface area contributed by atoms with E-state index in [2.05, 4.69) is 5.32 Å². The number of carbonyl (C=O) groups is 2. The summed E-state index contributed by atoms with van der Waals surface area (Å²) in [5.74, 6) is 0.0295. The van der Waals surface area contributed by atoms with Crippen LogP contribution in [0.5, 0.6) is 0 Å². The van der Waals surface area contributed by atoms with Gasteiger partial charge in [-0.15, -0.1) is 0 Å². The van der Waals surface area contributed by atoms with Crippen molar-refractivity contribution < 1.29 is 9.59 Å². The van der Waals surface area contributed by atoms with Crippen LogP contribution in [-0.2, 0) is 0 Å². The van der Waals surface area contributed by atoms with E-state index in [1.807, 2.05) is 61.5 Å². The minimum atomic E-state index is -0.121. The van der Waals surface area contributed by atoms with Gasteiger partial charge in [-0.25, -0.2) is 4.79 Å². The van der Waals surface area contributed by atoms with Crippen molar-refractivity contribution in [1.29, 1.82) is 0 Å². The number of para-hydroxylation sites is 1. The fourth-order valence-corrected chi connectivity index (χ4v) is 2.80. The fourth-order valence-electron chi connectivity index (χ4n) is 2.80. The summed E-state index contributed by atoms with van der Waals surface area (Å²) >= 11 is 0. The Morgan fingerprint density at radius 2 is 1.54 bits per heavy atom. The van der Waals surface area contributed by atoms with Crippen LogP contribution in [-0.4, -0.2) is 47.9 Å². The number of nitrogens with zero attached hydrogens (tertiary/aromatic N) is 2. The van der Waals surface area contributed by atoms with E-state index in [9.17, 15) is 9.59 Å². The first kappa shape index (κ1) is 16.1. The molecule has 1 N–H and O–H groups in total. The Hall–Kier alpha value is -2.82. The van der Waals surface area contributed by atoms with Crippen LogP contribution >= 0.6 is 0 Å². The number of nitrogens with one attached hydrogen (secondary N) is 1. The average Bonchev–Trinajstić information content (AvgIpc) is 2.62. The lowest BCUT2D eigenvalue weighted by Gasteiger charge is -2.34. The molecular formula is C19H21N3O2. The summed E-state index contributed by atoms with van der Waals surface area (Å²) in [6.07, 6.45) is 0. The highest BCUT2D eigenvalue weighted by atomic mass is 16.2. The van der Waals surface area contributed by atoms with Gasteiger partial charge in [0.1, 0.15) is 0 Å². The van der Waals surface area contributed by atoms with E-state index in [1.54, 1.807) is 9.80 Å². The first-order valence-electron chi connectivity index (χ1n) is 8.10. The maximum atomic E-state index is 12.5. The molecular weight excluding hydrogens is 302 g/mol. The number of hydrogen-bond donors (Lipinski definition) is 1. The van der Waals surface area contributed by atoms with Gasteiger partial charge in [0.25, 0.3) is 5.91 Å². The molecule has 2 aromatic carbocycles. The number of aryl methyl sites for hydroxylation is 1. The molecule has 0 saturated carbocycles. The lowest BCUT2D eigenvalue weighted by atomic mass is 10.1. The van der Waals surface area contributed by atoms with E-state index in [0.717, 1.165) is 11.3 Å². The summed E-state index contributed by atoms with van der Waals surface area (Å²) in [5.41, 5.74) is 2.56. The van der Waals surface area contributed by atoms with E-state index in [4.69, 9.17) is 0 Å². The second-order valence-electron chi connectivity index (χ2n) is 5.94. The normalized spacial score (nSPS) is 14.4. The zero-order valence-corrected chi connectivity index (χ0v) is 13.7. The minimum absolute atomic E-state index is 0.0295. The number of benzene rings is 2. The summed E-state index contributed by atoms with van der Waals surface area (Å²) in [7, 11) is 0. The molecule has 0 spiro atoms. The first-order chi connectivity index (χ1) is 11.6. The van der Waals surface area contributed by atoms with Gasteiger partial charge in [-0.3, -0.25) is 4.79 Å². The van der Waals surface area contributed by atoms with Gasteiger partial charge in [0.15, 0.2) is 0 Å². The lowest BCUT2D eigenvalue weighted by molar-refractivity contribution is 0.0671. The standard InChI is InChI=1S/C19H21N3O2/c1-15-6-5-7-16(14-15)18(23)21-10-12-22(13-11-21)19(24)20-17-8-3-2-4-9-17/h2-9,14H,10-13H2,1H3,(H,20,24). The molecule has 3 amide bonds. The molecule has 0 aromatic heterocycles. The molecule has 1 aliphatic rings. The summed E-state index contributed by atoms with van der Waals surface area (Å²) in [4.78, 5) is 28.3.